The summed E-state index contributed by atoms with van der Waals surface area (Å²) in [6.07, 6.45) is -2.16. The Hall–Kier alpha value is -6.90. The summed E-state index contributed by atoms with van der Waals surface area (Å²) in [5, 5.41) is 22.0. The Morgan fingerprint density at radius 1 is 0.851 bits per heavy atom. The number of carbonyl (C=O) groups excluding carboxylic acids is 5. The summed E-state index contributed by atoms with van der Waals surface area (Å²) < 4.78 is 41.6. The molecule has 0 aliphatic carbocycles. The number of benzene rings is 3. The van der Waals surface area contributed by atoms with Gasteiger partial charge in [-0.3, -0.25) is 28.8 Å². The molecule has 2 aromatic heterocycles. The minimum absolute atomic E-state index is 0.0245. The Kier molecular flexibility index (Phi) is 17.8. The summed E-state index contributed by atoms with van der Waals surface area (Å²) in [7, 11) is 1.99. The maximum Gasteiger partial charge on any atom is 0.417 e. The SMILES string of the molecule is Cc1ncsc1-c1ccc(CNC(=O)[C@@H]2C[C@@H](O)CN2C(=O)[C@@H](NC(=O)CCCCCCNC(=O)c2ccc(-c3ccc(N4CCN(C)CC4)c(NC(=O)c4c[nH]c(=O)cc4C(F)(F)F)c3)cc2)C(C)(C)C)cc1. The summed E-state index contributed by atoms with van der Waals surface area (Å²) in [5.41, 5.74) is 3.59. The fraction of sp³-hybridized carbons (Fsp3) is 0.426. The number of hydrogen-bond acceptors (Lipinski definition) is 11. The fourth-order valence-electron chi connectivity index (χ4n) is 9.12. The van der Waals surface area contributed by atoms with Gasteiger partial charge in [-0.05, 0) is 78.7 Å². The number of β-amino-alcohol motifs (C(OH)–C–C–N with tert-alkyl or cyclic N) is 1. The number of likely N-dealkylation sites (N-methyl/N-ethyl adjacent to an activating group) is 1. The number of aliphatic hydroxyl groups excluding tert-OH is 1. The number of anilines is 2. The van der Waals surface area contributed by atoms with Crippen LogP contribution in [0.15, 0.2) is 89.3 Å². The van der Waals surface area contributed by atoms with E-state index >= 15 is 0 Å². The van der Waals surface area contributed by atoms with Gasteiger partial charge in [0.05, 0.1) is 44.7 Å². The third kappa shape index (κ3) is 14.0. The van der Waals surface area contributed by atoms with Gasteiger partial charge >= 0.3 is 6.18 Å². The van der Waals surface area contributed by atoms with Crippen LogP contribution in [0.1, 0.15) is 96.8 Å². The Bertz CT molecular complexity index is 2860. The summed E-state index contributed by atoms with van der Waals surface area (Å²) in [6, 6.07) is 18.5. The monoisotopic (exact) mass is 1040 g/mol. The average Bonchev–Trinajstić information content (AvgIpc) is 3.99. The van der Waals surface area contributed by atoms with Crippen molar-refractivity contribution in [3.8, 4) is 21.6 Å². The molecule has 2 saturated heterocycles. The van der Waals surface area contributed by atoms with Gasteiger partial charge in [0.25, 0.3) is 11.8 Å². The number of rotatable bonds is 18. The molecular weight excluding hydrogens is 976 g/mol. The van der Waals surface area contributed by atoms with Crippen LogP contribution in [0.5, 0.6) is 0 Å². The number of nitrogens with one attached hydrogen (secondary N) is 5. The molecule has 7 rings (SSSR count). The third-order valence-corrected chi connectivity index (χ3v) is 14.3. The fourth-order valence-corrected chi connectivity index (χ4v) is 9.93. The van der Waals surface area contributed by atoms with Crippen molar-refractivity contribution in [2.75, 3.05) is 56.5 Å². The van der Waals surface area contributed by atoms with Crippen molar-refractivity contribution >= 4 is 52.2 Å². The lowest BCUT2D eigenvalue weighted by molar-refractivity contribution is -0.144. The number of pyridine rings is 1. The van der Waals surface area contributed by atoms with Crippen molar-refractivity contribution in [1.29, 1.82) is 0 Å². The lowest BCUT2D eigenvalue weighted by Crippen LogP contribution is -2.57. The molecule has 3 atom stereocenters. The number of alkyl halides is 3. The number of halogens is 3. The molecule has 3 aromatic carbocycles. The molecule has 4 heterocycles. The number of unbranched alkanes of at least 4 members (excludes halogenated alkanes) is 3. The van der Waals surface area contributed by atoms with E-state index in [2.05, 4.69) is 36.1 Å². The van der Waals surface area contributed by atoms with E-state index in [0.29, 0.717) is 67.3 Å². The maximum absolute atomic E-state index is 14.1. The quantitative estimate of drug-likeness (QED) is 0.0496. The number of aryl methyl sites for hydroxylation is 1. The molecule has 0 radical (unpaired) electrons. The Morgan fingerprint density at radius 2 is 1.53 bits per heavy atom. The van der Waals surface area contributed by atoms with Crippen molar-refractivity contribution in [3.63, 3.8) is 0 Å². The molecule has 0 saturated carbocycles. The van der Waals surface area contributed by atoms with Crippen molar-refractivity contribution in [1.82, 2.24) is 35.7 Å². The van der Waals surface area contributed by atoms with E-state index in [-0.39, 0.29) is 49.3 Å². The van der Waals surface area contributed by atoms with Crippen molar-refractivity contribution in [2.24, 2.45) is 5.41 Å². The van der Waals surface area contributed by atoms with Crippen molar-refractivity contribution < 1.29 is 42.3 Å². The van der Waals surface area contributed by atoms with Crippen molar-refractivity contribution in [2.45, 2.75) is 97.1 Å². The van der Waals surface area contributed by atoms with Gasteiger partial charge in [-0.2, -0.15) is 13.2 Å². The van der Waals surface area contributed by atoms with Crippen LogP contribution < -0.4 is 31.7 Å². The molecule has 6 N–H and O–H groups in total. The molecule has 0 spiro atoms. The molecule has 0 bridgehead atoms. The first-order valence-electron chi connectivity index (χ1n) is 24.8. The van der Waals surface area contributed by atoms with Crippen LogP contribution in [-0.2, 0) is 27.1 Å². The van der Waals surface area contributed by atoms with Gasteiger partial charge in [-0.25, -0.2) is 4.98 Å². The van der Waals surface area contributed by atoms with E-state index in [1.807, 2.05) is 70.0 Å². The van der Waals surface area contributed by atoms with Gasteiger partial charge in [-0.15, -0.1) is 11.3 Å². The first kappa shape index (κ1) is 54.9. The molecule has 74 heavy (non-hydrogen) atoms. The second kappa shape index (κ2) is 24.0. The molecular formula is C54H64F3N9O7S. The topological polar surface area (TPSA) is 209 Å². The number of H-pyrrole nitrogens is 1. The molecule has 2 fully saturated rings. The van der Waals surface area contributed by atoms with Crippen LogP contribution in [-0.4, -0.2) is 119 Å². The van der Waals surface area contributed by atoms with Gasteiger partial charge in [0.1, 0.15) is 12.1 Å². The number of thiazole rings is 1. The molecule has 5 amide bonds. The molecule has 394 valence electrons. The van der Waals surface area contributed by atoms with E-state index in [4.69, 9.17) is 0 Å². The number of likely N-dealkylation sites (tertiary alicyclic amines) is 1. The normalized spacial score (nSPS) is 16.7. The molecule has 5 aromatic rings. The van der Waals surface area contributed by atoms with E-state index in [9.17, 15) is 47.0 Å². The highest BCUT2D eigenvalue weighted by molar-refractivity contribution is 7.13. The zero-order valence-electron chi connectivity index (χ0n) is 42.2. The number of aliphatic hydroxyl groups is 1. The Balaban J connectivity index is 0.865. The Morgan fingerprint density at radius 3 is 2.19 bits per heavy atom. The number of carbonyl (C=O) groups is 5. The summed E-state index contributed by atoms with van der Waals surface area (Å²) in [5.74, 6) is -2.43. The van der Waals surface area contributed by atoms with Crippen LogP contribution >= 0.6 is 11.3 Å². The van der Waals surface area contributed by atoms with Crippen LogP contribution in [0.2, 0.25) is 0 Å². The summed E-state index contributed by atoms with van der Waals surface area (Å²) >= 11 is 1.56. The maximum atomic E-state index is 14.1. The predicted octanol–water partition coefficient (Wildman–Crippen LogP) is 6.99. The number of aromatic amines is 1. The second-order valence-corrected chi connectivity index (χ2v) is 20.9. The standard InChI is InChI=1S/C54H64F3N9O7S/c1-33-47(74-32-61-33)36-13-11-34(12-14-36)29-60-51(72)44-27-39(67)31-66(44)52(73)48(53(2,3)4)63-45(68)10-8-6-7-9-21-58-49(70)37-17-15-35(16-18-37)38-19-20-43(65-24-22-64(5)23-25-65)42(26-38)62-50(71)40-30-59-46(69)28-41(40)54(55,56)57/h11-20,26,28,30,32,39,44,48,67H,6-10,21-25,27,29,31H2,1-5H3,(H,58,70)(H,59,69)(H,60,72)(H,62,71)(H,63,68)/t39-,44+,48-/m1/s1. The van der Waals surface area contributed by atoms with E-state index in [1.165, 1.54) is 4.90 Å². The highest BCUT2D eigenvalue weighted by atomic mass is 32.1. The van der Waals surface area contributed by atoms with Gasteiger partial charge in [-0.1, -0.05) is 76.1 Å². The second-order valence-electron chi connectivity index (χ2n) is 20.0. The van der Waals surface area contributed by atoms with Gasteiger partial charge < -0.3 is 46.1 Å². The molecule has 16 nitrogen and oxygen atoms in total. The van der Waals surface area contributed by atoms with Crippen LogP contribution in [0.4, 0.5) is 24.5 Å². The smallest absolute Gasteiger partial charge is 0.391 e. The zero-order valence-corrected chi connectivity index (χ0v) is 43.1. The van der Waals surface area contributed by atoms with E-state index in [0.717, 1.165) is 47.4 Å². The van der Waals surface area contributed by atoms with Gasteiger partial charge in [0.2, 0.25) is 23.3 Å². The van der Waals surface area contributed by atoms with Gasteiger partial charge in [0, 0.05) is 76.5 Å². The van der Waals surface area contributed by atoms with Gasteiger partial charge in [0.15, 0.2) is 0 Å². The minimum atomic E-state index is -4.94. The summed E-state index contributed by atoms with van der Waals surface area (Å²) in [4.78, 5) is 92.2. The molecule has 2 aliphatic heterocycles. The predicted molar refractivity (Wildman–Crippen MR) is 279 cm³/mol. The molecule has 0 unspecified atom stereocenters. The van der Waals surface area contributed by atoms with Crippen LogP contribution in [0, 0.1) is 12.3 Å². The number of nitrogens with zero attached hydrogens (tertiary/aromatic N) is 4. The number of hydrogen-bond donors (Lipinski definition) is 6. The highest BCUT2D eigenvalue weighted by Crippen LogP contribution is 2.36. The first-order chi connectivity index (χ1) is 35.2. The first-order valence-corrected chi connectivity index (χ1v) is 25.7. The lowest BCUT2D eigenvalue weighted by Gasteiger charge is -2.35. The van der Waals surface area contributed by atoms with Crippen molar-refractivity contribution in [3.05, 3.63) is 123 Å². The van der Waals surface area contributed by atoms with Crippen LogP contribution in [0.25, 0.3) is 21.6 Å². The molecule has 20 heteroatoms. The number of aromatic nitrogens is 2. The van der Waals surface area contributed by atoms with E-state index < -0.39 is 58.3 Å². The average molecular weight is 1040 g/mol. The largest absolute Gasteiger partial charge is 0.417 e. The summed E-state index contributed by atoms with van der Waals surface area (Å²) in [6.45, 7) is 10.8. The number of piperazine rings is 1. The zero-order chi connectivity index (χ0) is 53.3. The van der Waals surface area contributed by atoms with E-state index in [1.54, 1.807) is 53.2 Å². The van der Waals surface area contributed by atoms with Crippen LogP contribution in [0.3, 0.4) is 0 Å². The third-order valence-electron chi connectivity index (χ3n) is 13.4. The lowest BCUT2D eigenvalue weighted by atomic mass is 9.85. The Labute approximate surface area is 432 Å². The molecule has 2 aliphatic rings. The minimum Gasteiger partial charge on any atom is -0.391 e. The number of amides is 5. The highest BCUT2D eigenvalue weighted by Gasteiger charge is 2.44.